The highest BCUT2D eigenvalue weighted by Gasteiger charge is 2.29. The summed E-state index contributed by atoms with van der Waals surface area (Å²) in [4.78, 5) is 14.1. The Morgan fingerprint density at radius 2 is 2.29 bits per heavy atom. The second-order valence-corrected chi connectivity index (χ2v) is 6.17. The molecule has 1 saturated heterocycles. The standard InChI is InChI=1S/C12H14BrIN2O/c1-15-10-3-2-6-16(12(10)17)11-7-8(14)4-5-9(11)13/h4-5,7,10,15H,2-3,6H2,1H3. The van der Waals surface area contributed by atoms with Gasteiger partial charge in [-0.05, 0) is 76.6 Å². The van der Waals surface area contributed by atoms with E-state index in [1.165, 1.54) is 0 Å². The molecule has 0 aromatic heterocycles. The average Bonchev–Trinajstić information content (AvgIpc) is 2.33. The Hall–Kier alpha value is -0.140. The SMILES string of the molecule is CNC1CCCN(c2cc(I)ccc2Br)C1=O. The molecule has 0 bridgehead atoms. The quantitative estimate of drug-likeness (QED) is 0.763. The lowest BCUT2D eigenvalue weighted by Crippen LogP contribution is -2.49. The van der Waals surface area contributed by atoms with Crippen LogP contribution in [0, 0.1) is 3.57 Å². The fraction of sp³-hybridized carbons (Fsp3) is 0.417. The van der Waals surface area contributed by atoms with Crippen LogP contribution >= 0.6 is 38.5 Å². The molecular formula is C12H14BrIN2O. The Balaban J connectivity index is 2.32. The third-order valence-electron chi connectivity index (χ3n) is 2.99. The molecule has 5 heteroatoms. The molecule has 1 atom stereocenters. The first-order chi connectivity index (χ1) is 8.13. The van der Waals surface area contributed by atoms with Gasteiger partial charge in [-0.2, -0.15) is 0 Å². The Bertz CT molecular complexity index is 439. The van der Waals surface area contributed by atoms with Crippen LogP contribution in [0.3, 0.4) is 0 Å². The monoisotopic (exact) mass is 408 g/mol. The minimum Gasteiger partial charge on any atom is -0.310 e. The molecule has 1 aliphatic rings. The number of nitrogens with zero attached hydrogens (tertiary/aromatic N) is 1. The highest BCUT2D eigenvalue weighted by Crippen LogP contribution is 2.30. The first kappa shape index (κ1) is 13.3. The maximum absolute atomic E-state index is 12.3. The van der Waals surface area contributed by atoms with Gasteiger partial charge in [0.2, 0.25) is 5.91 Å². The smallest absolute Gasteiger partial charge is 0.244 e. The number of rotatable bonds is 2. The highest BCUT2D eigenvalue weighted by molar-refractivity contribution is 14.1. The van der Waals surface area contributed by atoms with Crippen molar-refractivity contribution in [3.05, 3.63) is 26.2 Å². The van der Waals surface area contributed by atoms with Crippen molar-refractivity contribution in [2.45, 2.75) is 18.9 Å². The van der Waals surface area contributed by atoms with E-state index >= 15 is 0 Å². The molecule has 2 rings (SSSR count). The van der Waals surface area contributed by atoms with Gasteiger partial charge in [-0.25, -0.2) is 0 Å². The molecule has 17 heavy (non-hydrogen) atoms. The van der Waals surface area contributed by atoms with Gasteiger partial charge in [0.15, 0.2) is 0 Å². The van der Waals surface area contributed by atoms with Gasteiger partial charge >= 0.3 is 0 Å². The third-order valence-corrected chi connectivity index (χ3v) is 4.33. The number of amides is 1. The zero-order valence-electron chi connectivity index (χ0n) is 9.54. The molecule has 1 fully saturated rings. The molecule has 0 radical (unpaired) electrons. The molecule has 92 valence electrons. The second kappa shape index (κ2) is 5.67. The molecule has 1 N–H and O–H groups in total. The van der Waals surface area contributed by atoms with E-state index in [1.54, 1.807) is 0 Å². The van der Waals surface area contributed by atoms with Crippen molar-refractivity contribution in [3.8, 4) is 0 Å². The topological polar surface area (TPSA) is 32.3 Å². The maximum Gasteiger partial charge on any atom is 0.244 e. The number of hydrogen-bond donors (Lipinski definition) is 1. The van der Waals surface area contributed by atoms with E-state index in [4.69, 9.17) is 0 Å². The molecular weight excluding hydrogens is 395 g/mol. The summed E-state index contributed by atoms with van der Waals surface area (Å²) in [5.41, 5.74) is 0.974. The summed E-state index contributed by atoms with van der Waals surface area (Å²) in [6, 6.07) is 6.01. The lowest BCUT2D eigenvalue weighted by Gasteiger charge is -2.32. The largest absolute Gasteiger partial charge is 0.310 e. The van der Waals surface area contributed by atoms with E-state index in [0.29, 0.717) is 0 Å². The molecule has 3 nitrogen and oxygen atoms in total. The molecule has 1 amide bonds. The summed E-state index contributed by atoms with van der Waals surface area (Å²) in [5, 5.41) is 3.08. The van der Waals surface area contributed by atoms with Crippen molar-refractivity contribution >= 4 is 50.1 Å². The van der Waals surface area contributed by atoms with E-state index in [-0.39, 0.29) is 11.9 Å². The van der Waals surface area contributed by atoms with Gasteiger partial charge in [-0.15, -0.1) is 0 Å². The fourth-order valence-corrected chi connectivity index (χ4v) is 3.01. The van der Waals surface area contributed by atoms with Crippen LogP contribution in [0.4, 0.5) is 5.69 Å². The van der Waals surface area contributed by atoms with Crippen LogP contribution in [0.2, 0.25) is 0 Å². The number of carbonyl (C=O) groups is 1. The van der Waals surface area contributed by atoms with Crippen LogP contribution in [0.5, 0.6) is 0 Å². The fourth-order valence-electron chi connectivity index (χ4n) is 2.07. The summed E-state index contributed by atoms with van der Waals surface area (Å²) in [6.07, 6.45) is 1.96. The molecule has 1 heterocycles. The van der Waals surface area contributed by atoms with Gasteiger partial charge in [0.05, 0.1) is 11.7 Å². The zero-order valence-corrected chi connectivity index (χ0v) is 13.3. The Morgan fingerprint density at radius 1 is 1.53 bits per heavy atom. The number of piperidine rings is 1. The first-order valence-electron chi connectivity index (χ1n) is 5.57. The van der Waals surface area contributed by atoms with Crippen molar-refractivity contribution in [1.29, 1.82) is 0 Å². The van der Waals surface area contributed by atoms with Crippen LogP contribution in [-0.2, 0) is 4.79 Å². The Labute approximate surface area is 123 Å². The normalized spacial score (nSPS) is 20.8. The van der Waals surface area contributed by atoms with Gasteiger partial charge in [0.1, 0.15) is 0 Å². The Kier molecular flexibility index (Phi) is 4.43. The van der Waals surface area contributed by atoms with E-state index in [0.717, 1.165) is 33.1 Å². The number of benzene rings is 1. The summed E-state index contributed by atoms with van der Waals surface area (Å²) < 4.78 is 2.11. The number of nitrogens with one attached hydrogen (secondary N) is 1. The van der Waals surface area contributed by atoms with Crippen LogP contribution in [0.15, 0.2) is 22.7 Å². The first-order valence-corrected chi connectivity index (χ1v) is 7.44. The minimum atomic E-state index is -0.0477. The van der Waals surface area contributed by atoms with Gasteiger partial charge in [-0.1, -0.05) is 0 Å². The predicted octanol–water partition coefficient (Wildman–Crippen LogP) is 2.77. The van der Waals surface area contributed by atoms with Crippen molar-refractivity contribution < 1.29 is 4.79 Å². The molecule has 0 saturated carbocycles. The number of anilines is 1. The molecule has 1 aromatic rings. The van der Waals surface area contributed by atoms with Crippen LogP contribution in [-0.4, -0.2) is 25.5 Å². The number of carbonyl (C=O) groups excluding carboxylic acids is 1. The predicted molar refractivity (Wildman–Crippen MR) is 81.3 cm³/mol. The van der Waals surface area contributed by atoms with Gasteiger partial charge in [0, 0.05) is 14.6 Å². The molecule has 1 unspecified atom stereocenters. The van der Waals surface area contributed by atoms with Crippen LogP contribution in [0.25, 0.3) is 0 Å². The number of likely N-dealkylation sites (N-methyl/N-ethyl adjacent to an activating group) is 1. The van der Waals surface area contributed by atoms with Crippen LogP contribution < -0.4 is 10.2 Å². The minimum absolute atomic E-state index is 0.0477. The second-order valence-electron chi connectivity index (χ2n) is 4.07. The van der Waals surface area contributed by atoms with E-state index in [1.807, 2.05) is 30.1 Å². The van der Waals surface area contributed by atoms with E-state index in [2.05, 4.69) is 43.8 Å². The summed E-state index contributed by atoms with van der Waals surface area (Å²) >= 11 is 5.78. The van der Waals surface area contributed by atoms with E-state index in [9.17, 15) is 4.79 Å². The highest BCUT2D eigenvalue weighted by atomic mass is 127. The Morgan fingerprint density at radius 3 is 3.00 bits per heavy atom. The lowest BCUT2D eigenvalue weighted by atomic mass is 10.0. The number of hydrogen-bond acceptors (Lipinski definition) is 2. The summed E-state index contributed by atoms with van der Waals surface area (Å²) in [5.74, 6) is 0.168. The van der Waals surface area contributed by atoms with Gasteiger partial charge in [-0.3, -0.25) is 4.79 Å². The molecule has 0 aliphatic carbocycles. The van der Waals surface area contributed by atoms with Crippen molar-refractivity contribution in [3.63, 3.8) is 0 Å². The average molecular weight is 409 g/mol. The van der Waals surface area contributed by atoms with Crippen molar-refractivity contribution in [2.24, 2.45) is 0 Å². The third kappa shape index (κ3) is 2.82. The lowest BCUT2D eigenvalue weighted by molar-refractivity contribution is -0.121. The number of halogens is 2. The summed E-state index contributed by atoms with van der Waals surface area (Å²) in [6.45, 7) is 0.801. The molecule has 1 aromatic carbocycles. The summed E-state index contributed by atoms with van der Waals surface area (Å²) in [7, 11) is 1.84. The van der Waals surface area contributed by atoms with Crippen molar-refractivity contribution in [1.82, 2.24) is 5.32 Å². The van der Waals surface area contributed by atoms with Gasteiger partial charge < -0.3 is 10.2 Å². The van der Waals surface area contributed by atoms with Gasteiger partial charge in [0.25, 0.3) is 0 Å². The molecule has 0 spiro atoms. The maximum atomic E-state index is 12.3. The van der Waals surface area contributed by atoms with Crippen molar-refractivity contribution in [2.75, 3.05) is 18.5 Å². The van der Waals surface area contributed by atoms with Crippen LogP contribution in [0.1, 0.15) is 12.8 Å². The zero-order chi connectivity index (χ0) is 12.4. The molecule has 1 aliphatic heterocycles. The van der Waals surface area contributed by atoms with E-state index < -0.39 is 0 Å².